The Hall–Kier alpha value is -2.10. The summed E-state index contributed by atoms with van der Waals surface area (Å²) in [5.74, 6) is 0.175. The van der Waals surface area contributed by atoms with E-state index in [2.05, 4.69) is 5.10 Å². The van der Waals surface area contributed by atoms with Gasteiger partial charge in [0.15, 0.2) is 5.78 Å². The van der Waals surface area contributed by atoms with E-state index in [1.54, 1.807) is 6.07 Å². The van der Waals surface area contributed by atoms with Gasteiger partial charge in [-0.1, -0.05) is 6.07 Å². The Morgan fingerprint density at radius 2 is 2.00 bits per heavy atom. The number of fused-ring (bicyclic) bond motifs is 1. The second kappa shape index (κ2) is 3.98. The molecule has 1 aromatic carbocycles. The molecular weight excluding hydrogens is 228 g/mol. The summed E-state index contributed by atoms with van der Waals surface area (Å²) in [5, 5.41) is 2.98. The number of hydrogen-bond donors (Lipinski definition) is 1. The summed E-state index contributed by atoms with van der Waals surface area (Å²) in [6.07, 6.45) is 2.47. The van der Waals surface area contributed by atoms with Crippen molar-refractivity contribution >= 4 is 5.78 Å². The SMILES string of the molecule is Cc1cc(=O)n(-c2ccc3c(c2)C(=O)CCC3)[nH]1. The van der Waals surface area contributed by atoms with E-state index >= 15 is 0 Å². The number of nitrogens with zero attached hydrogens (tertiary/aromatic N) is 1. The van der Waals surface area contributed by atoms with Crippen LogP contribution in [0.2, 0.25) is 0 Å². The number of rotatable bonds is 1. The number of nitrogens with one attached hydrogen (secondary N) is 1. The van der Waals surface area contributed by atoms with Gasteiger partial charge in [-0.3, -0.25) is 14.7 Å². The Bertz CT molecular complexity index is 679. The van der Waals surface area contributed by atoms with Crippen LogP contribution in [0.3, 0.4) is 0 Å². The maximum absolute atomic E-state index is 11.9. The molecule has 3 rings (SSSR count). The second-order valence-corrected chi connectivity index (χ2v) is 4.73. The normalized spacial score (nSPS) is 14.6. The van der Waals surface area contributed by atoms with E-state index in [1.807, 2.05) is 25.1 Å². The number of Topliss-reactive ketones (excluding diaryl/α,β-unsaturated/α-hetero) is 1. The summed E-state index contributed by atoms with van der Waals surface area (Å²) >= 11 is 0. The molecule has 0 radical (unpaired) electrons. The fourth-order valence-corrected chi connectivity index (χ4v) is 2.46. The van der Waals surface area contributed by atoms with Gasteiger partial charge in [-0.05, 0) is 37.5 Å². The van der Waals surface area contributed by atoms with Crippen molar-refractivity contribution in [3.05, 3.63) is 51.4 Å². The minimum Gasteiger partial charge on any atom is -0.295 e. The van der Waals surface area contributed by atoms with Gasteiger partial charge in [-0.25, -0.2) is 4.68 Å². The summed E-state index contributed by atoms with van der Waals surface area (Å²) in [5.41, 5.74) is 3.28. The van der Waals surface area contributed by atoms with E-state index in [0.717, 1.165) is 35.3 Å². The van der Waals surface area contributed by atoms with E-state index in [0.29, 0.717) is 6.42 Å². The second-order valence-electron chi connectivity index (χ2n) is 4.73. The standard InChI is InChI=1S/C14H14N2O2/c1-9-7-14(18)16(15-9)11-6-5-10-3-2-4-13(17)12(10)8-11/h5-8,15H,2-4H2,1H3. The van der Waals surface area contributed by atoms with Gasteiger partial charge >= 0.3 is 0 Å². The topological polar surface area (TPSA) is 54.9 Å². The van der Waals surface area contributed by atoms with Gasteiger partial charge in [0.1, 0.15) is 0 Å². The predicted octanol–water partition coefficient (Wildman–Crippen LogP) is 1.99. The van der Waals surface area contributed by atoms with Crippen molar-refractivity contribution in [2.24, 2.45) is 0 Å². The monoisotopic (exact) mass is 242 g/mol. The maximum Gasteiger partial charge on any atom is 0.271 e. The van der Waals surface area contributed by atoms with Crippen molar-refractivity contribution < 1.29 is 4.79 Å². The smallest absolute Gasteiger partial charge is 0.271 e. The molecule has 18 heavy (non-hydrogen) atoms. The van der Waals surface area contributed by atoms with Crippen LogP contribution in [-0.2, 0) is 6.42 Å². The third-order valence-corrected chi connectivity index (χ3v) is 3.35. The molecule has 0 fully saturated rings. The zero-order valence-electron chi connectivity index (χ0n) is 10.2. The van der Waals surface area contributed by atoms with Crippen molar-refractivity contribution in [3.63, 3.8) is 0 Å². The Balaban J connectivity index is 2.15. The first-order chi connectivity index (χ1) is 8.65. The summed E-state index contributed by atoms with van der Waals surface area (Å²) in [6.45, 7) is 1.83. The lowest BCUT2D eigenvalue weighted by atomic mass is 9.90. The molecule has 0 amide bonds. The average Bonchev–Trinajstić information content (AvgIpc) is 2.69. The number of ketones is 1. The summed E-state index contributed by atoms with van der Waals surface area (Å²) in [6, 6.07) is 7.19. The number of aromatic amines is 1. The average molecular weight is 242 g/mol. The van der Waals surface area contributed by atoms with Crippen LogP contribution in [0, 0.1) is 6.92 Å². The van der Waals surface area contributed by atoms with Crippen LogP contribution in [0.5, 0.6) is 0 Å². The first kappa shape index (κ1) is 11.0. The van der Waals surface area contributed by atoms with Gasteiger partial charge in [0.25, 0.3) is 5.56 Å². The number of hydrogen-bond acceptors (Lipinski definition) is 2. The van der Waals surface area contributed by atoms with Crippen molar-refractivity contribution in [3.8, 4) is 5.69 Å². The molecular formula is C14H14N2O2. The molecule has 4 nitrogen and oxygen atoms in total. The van der Waals surface area contributed by atoms with Gasteiger partial charge in [-0.15, -0.1) is 0 Å². The molecule has 0 saturated heterocycles. The molecule has 0 unspecified atom stereocenters. The minimum atomic E-state index is -0.101. The Labute approximate surface area is 104 Å². The van der Waals surface area contributed by atoms with Gasteiger partial charge in [0, 0.05) is 23.7 Å². The summed E-state index contributed by atoms with van der Waals surface area (Å²) in [4.78, 5) is 23.6. The van der Waals surface area contributed by atoms with E-state index in [1.165, 1.54) is 4.68 Å². The van der Waals surface area contributed by atoms with Crippen molar-refractivity contribution in [2.75, 3.05) is 0 Å². The highest BCUT2D eigenvalue weighted by atomic mass is 16.1. The number of carbonyl (C=O) groups is 1. The van der Waals surface area contributed by atoms with Gasteiger partial charge in [0.05, 0.1) is 5.69 Å². The van der Waals surface area contributed by atoms with E-state index in [9.17, 15) is 9.59 Å². The van der Waals surface area contributed by atoms with Gasteiger partial charge < -0.3 is 0 Å². The van der Waals surface area contributed by atoms with Crippen molar-refractivity contribution in [1.82, 2.24) is 9.78 Å². The summed E-state index contributed by atoms with van der Waals surface area (Å²) < 4.78 is 1.47. The lowest BCUT2D eigenvalue weighted by molar-refractivity contribution is 0.0972. The number of aryl methyl sites for hydroxylation is 2. The highest BCUT2D eigenvalue weighted by molar-refractivity contribution is 5.98. The Morgan fingerprint density at radius 3 is 2.72 bits per heavy atom. The molecule has 0 bridgehead atoms. The third kappa shape index (κ3) is 1.70. The van der Waals surface area contributed by atoms with Crippen LogP contribution in [-0.4, -0.2) is 15.6 Å². The van der Waals surface area contributed by atoms with Crippen LogP contribution in [0.1, 0.15) is 34.5 Å². The highest BCUT2D eigenvalue weighted by Gasteiger charge is 2.18. The number of aromatic nitrogens is 2. The maximum atomic E-state index is 11.9. The van der Waals surface area contributed by atoms with Crippen molar-refractivity contribution in [1.29, 1.82) is 0 Å². The third-order valence-electron chi connectivity index (χ3n) is 3.35. The lowest BCUT2D eigenvalue weighted by Crippen LogP contribution is -2.16. The molecule has 92 valence electrons. The zero-order valence-corrected chi connectivity index (χ0v) is 10.2. The van der Waals surface area contributed by atoms with Gasteiger partial charge in [-0.2, -0.15) is 0 Å². The highest BCUT2D eigenvalue weighted by Crippen LogP contribution is 2.23. The molecule has 4 heteroatoms. The minimum absolute atomic E-state index is 0.101. The first-order valence-electron chi connectivity index (χ1n) is 6.10. The quantitative estimate of drug-likeness (QED) is 0.831. The van der Waals surface area contributed by atoms with Crippen LogP contribution in [0.15, 0.2) is 29.1 Å². The van der Waals surface area contributed by atoms with E-state index < -0.39 is 0 Å². The van der Waals surface area contributed by atoms with Crippen LogP contribution < -0.4 is 5.56 Å². The fraction of sp³-hybridized carbons (Fsp3) is 0.286. The van der Waals surface area contributed by atoms with Crippen LogP contribution in [0.4, 0.5) is 0 Å². The fourth-order valence-electron chi connectivity index (χ4n) is 2.46. The molecule has 1 N–H and O–H groups in total. The predicted molar refractivity (Wildman–Crippen MR) is 68.4 cm³/mol. The van der Waals surface area contributed by atoms with E-state index in [4.69, 9.17) is 0 Å². The molecule has 1 aliphatic rings. The molecule has 1 heterocycles. The Kier molecular flexibility index (Phi) is 2.44. The molecule has 0 spiro atoms. The van der Waals surface area contributed by atoms with Crippen LogP contribution in [0.25, 0.3) is 5.69 Å². The lowest BCUT2D eigenvalue weighted by Gasteiger charge is -2.15. The largest absolute Gasteiger partial charge is 0.295 e. The van der Waals surface area contributed by atoms with Crippen molar-refractivity contribution in [2.45, 2.75) is 26.2 Å². The molecule has 0 atom stereocenters. The molecule has 1 aliphatic carbocycles. The number of carbonyl (C=O) groups excluding carboxylic acids is 1. The van der Waals surface area contributed by atoms with Crippen LogP contribution >= 0.6 is 0 Å². The molecule has 1 aromatic heterocycles. The number of H-pyrrole nitrogens is 1. The van der Waals surface area contributed by atoms with Gasteiger partial charge in [0.2, 0.25) is 0 Å². The molecule has 2 aromatic rings. The molecule has 0 aliphatic heterocycles. The molecule has 0 saturated carbocycles. The number of benzene rings is 1. The van der Waals surface area contributed by atoms with E-state index in [-0.39, 0.29) is 11.3 Å². The first-order valence-corrected chi connectivity index (χ1v) is 6.10. The zero-order chi connectivity index (χ0) is 12.7. The Morgan fingerprint density at radius 1 is 1.17 bits per heavy atom. The summed E-state index contributed by atoms with van der Waals surface area (Å²) in [7, 11) is 0.